The van der Waals surface area contributed by atoms with E-state index in [-0.39, 0.29) is 17.4 Å². The number of nitrogens with one attached hydrogen (secondary N) is 1. The van der Waals surface area contributed by atoms with Crippen molar-refractivity contribution in [3.05, 3.63) is 45.8 Å². The van der Waals surface area contributed by atoms with Gasteiger partial charge in [0, 0.05) is 30.1 Å². The summed E-state index contributed by atoms with van der Waals surface area (Å²) >= 11 is 0. The van der Waals surface area contributed by atoms with E-state index in [0.29, 0.717) is 12.0 Å². The van der Waals surface area contributed by atoms with Gasteiger partial charge in [0.15, 0.2) is 11.5 Å². The summed E-state index contributed by atoms with van der Waals surface area (Å²) in [6.07, 6.45) is 12.4. The zero-order valence-corrected chi connectivity index (χ0v) is 23.9. The van der Waals surface area contributed by atoms with E-state index in [1.165, 1.54) is 61.6 Å². The monoisotopic (exact) mass is 529 g/mol. The van der Waals surface area contributed by atoms with E-state index in [2.05, 4.69) is 40.9 Å². The van der Waals surface area contributed by atoms with Gasteiger partial charge in [-0.25, -0.2) is 0 Å². The molecule has 39 heavy (non-hydrogen) atoms. The van der Waals surface area contributed by atoms with E-state index in [1.807, 2.05) is 0 Å². The Bertz CT molecular complexity index is 1320. The van der Waals surface area contributed by atoms with Crippen molar-refractivity contribution in [2.24, 2.45) is 17.8 Å². The second-order valence-electron chi connectivity index (χ2n) is 13.5. The predicted octanol–water partition coefficient (Wildman–Crippen LogP) is 5.57. The Morgan fingerprint density at radius 3 is 2.59 bits per heavy atom. The average molecular weight is 530 g/mol. The summed E-state index contributed by atoms with van der Waals surface area (Å²) in [6.45, 7) is 5.04. The van der Waals surface area contributed by atoms with Crippen LogP contribution in [0, 0.1) is 24.7 Å². The van der Waals surface area contributed by atoms with Crippen molar-refractivity contribution in [3.63, 3.8) is 0 Å². The van der Waals surface area contributed by atoms with Crippen LogP contribution in [0.3, 0.4) is 0 Å². The first-order valence-corrected chi connectivity index (χ1v) is 15.6. The Balaban J connectivity index is 1.13. The first-order chi connectivity index (χ1) is 19.0. The van der Waals surface area contributed by atoms with Crippen LogP contribution in [-0.4, -0.2) is 60.5 Å². The van der Waals surface area contributed by atoms with Crippen molar-refractivity contribution in [2.75, 3.05) is 33.8 Å². The number of H-pyrrole nitrogens is 1. The first-order valence-electron chi connectivity index (χ1n) is 15.6. The predicted molar refractivity (Wildman–Crippen MR) is 151 cm³/mol. The molecule has 4 heterocycles. The number of fused-ring (bicyclic) bond motifs is 2. The minimum atomic E-state index is -0.0786. The number of amides is 1. The molecule has 2 bridgehead atoms. The Morgan fingerprint density at radius 1 is 1.05 bits per heavy atom. The lowest BCUT2D eigenvalue weighted by atomic mass is 9.51. The van der Waals surface area contributed by atoms with Gasteiger partial charge < -0.3 is 24.3 Å². The number of likely N-dealkylation sites (tertiary alicyclic amines) is 2. The molecule has 2 saturated heterocycles. The molecule has 6 aliphatic rings. The molecule has 6 heteroatoms. The van der Waals surface area contributed by atoms with Crippen molar-refractivity contribution >= 4 is 5.91 Å². The van der Waals surface area contributed by atoms with Crippen molar-refractivity contribution in [1.29, 1.82) is 0 Å². The number of methoxy groups -OCH3 is 1. The molecule has 1 unspecified atom stereocenters. The van der Waals surface area contributed by atoms with Gasteiger partial charge in [-0.05, 0) is 93.1 Å². The maximum Gasteiger partial charge on any atom is 0.270 e. The summed E-state index contributed by atoms with van der Waals surface area (Å²) in [5.41, 5.74) is 7.22. The summed E-state index contributed by atoms with van der Waals surface area (Å²) in [7, 11) is 4.04. The number of benzene rings is 1. The van der Waals surface area contributed by atoms with Crippen LogP contribution in [0.2, 0.25) is 0 Å². The van der Waals surface area contributed by atoms with Crippen molar-refractivity contribution in [3.8, 4) is 11.5 Å². The number of rotatable bonds is 3. The quantitative estimate of drug-likeness (QED) is 0.565. The molecule has 208 valence electrons. The zero-order chi connectivity index (χ0) is 26.5. The van der Waals surface area contributed by atoms with Crippen LogP contribution in [-0.2, 0) is 18.3 Å². The van der Waals surface area contributed by atoms with Crippen LogP contribution in [0.25, 0.3) is 0 Å². The fraction of sp³-hybridized carbons (Fsp3) is 0.667. The molecule has 3 fully saturated rings. The van der Waals surface area contributed by atoms with Crippen LogP contribution in [0.15, 0.2) is 12.1 Å². The highest BCUT2D eigenvalue weighted by molar-refractivity contribution is 5.94. The highest BCUT2D eigenvalue weighted by Crippen LogP contribution is 2.67. The largest absolute Gasteiger partial charge is 0.493 e. The summed E-state index contributed by atoms with van der Waals surface area (Å²) < 4.78 is 12.8. The number of nitrogens with zero attached hydrogens (tertiary/aromatic N) is 2. The number of ether oxygens (including phenoxy) is 2. The number of hydrogen-bond donors (Lipinski definition) is 1. The Morgan fingerprint density at radius 2 is 1.82 bits per heavy atom. The van der Waals surface area contributed by atoms with Gasteiger partial charge in [0.2, 0.25) is 0 Å². The molecule has 0 radical (unpaired) electrons. The molecule has 3 aliphatic carbocycles. The van der Waals surface area contributed by atoms with E-state index in [0.717, 1.165) is 79.2 Å². The number of carbonyl (C=O) groups is 1. The number of aromatic amines is 1. The number of piperidine rings is 2. The third-order valence-corrected chi connectivity index (χ3v) is 12.1. The van der Waals surface area contributed by atoms with E-state index < -0.39 is 0 Å². The van der Waals surface area contributed by atoms with Gasteiger partial charge in [0.1, 0.15) is 11.8 Å². The van der Waals surface area contributed by atoms with E-state index in [9.17, 15) is 4.79 Å². The summed E-state index contributed by atoms with van der Waals surface area (Å²) in [5, 5.41) is 0. The SMILES string of the molecule is COc1ccc2c3c1O[C@H]1c4[nH]c(C(=O)N5CCC(C6CCCCC6)CC5)c(C)c4C[C@H]4[C@H](C2)N(C)CCC314. The minimum Gasteiger partial charge on any atom is -0.493 e. The standard InChI is InChI=1S/C33H43N3O3/c1-19-23-18-24-25-17-22-9-10-26(38-3)30-27(22)33(24,13-16-35(25)2)31(39-30)29(23)34-28(19)32(37)36-14-11-21(12-15-36)20-7-5-4-6-8-20/h9-10,20-21,24-25,31,34H,4-8,11-18H2,1-3H3/t24-,25-,31-,33?/m0/s1. The third kappa shape index (κ3) is 3.27. The molecule has 4 atom stereocenters. The van der Waals surface area contributed by atoms with Crippen molar-refractivity contribution in [1.82, 2.24) is 14.8 Å². The fourth-order valence-electron chi connectivity index (χ4n) is 9.99. The molecule has 1 N–H and O–H groups in total. The second-order valence-corrected chi connectivity index (χ2v) is 13.5. The summed E-state index contributed by atoms with van der Waals surface area (Å²) in [6, 6.07) is 4.86. The average Bonchev–Trinajstić information content (AvgIpc) is 3.49. The molecular weight excluding hydrogens is 486 g/mol. The highest BCUT2D eigenvalue weighted by Gasteiger charge is 2.65. The van der Waals surface area contributed by atoms with Crippen LogP contribution in [0.4, 0.5) is 0 Å². The molecule has 1 spiro atoms. The summed E-state index contributed by atoms with van der Waals surface area (Å²) in [4.78, 5) is 22.4. The van der Waals surface area contributed by atoms with Crippen LogP contribution in [0.5, 0.6) is 11.5 Å². The van der Waals surface area contributed by atoms with Crippen LogP contribution in [0.1, 0.15) is 95.9 Å². The fourth-order valence-corrected chi connectivity index (χ4v) is 9.99. The number of aromatic nitrogens is 1. The molecular formula is C33H43N3O3. The van der Waals surface area contributed by atoms with E-state index in [1.54, 1.807) is 7.11 Å². The Hall–Kier alpha value is -2.47. The van der Waals surface area contributed by atoms with Gasteiger partial charge in [0.05, 0.1) is 12.8 Å². The number of likely N-dealkylation sites (N-methyl/N-ethyl adjacent to an activating group) is 1. The van der Waals surface area contributed by atoms with Crippen molar-refractivity contribution in [2.45, 2.75) is 88.7 Å². The molecule has 1 saturated carbocycles. The lowest BCUT2D eigenvalue weighted by molar-refractivity contribution is -0.0256. The van der Waals surface area contributed by atoms with Gasteiger partial charge in [-0.2, -0.15) is 0 Å². The number of hydrogen-bond acceptors (Lipinski definition) is 4. The van der Waals surface area contributed by atoms with Gasteiger partial charge in [-0.3, -0.25) is 4.79 Å². The van der Waals surface area contributed by atoms with E-state index >= 15 is 0 Å². The van der Waals surface area contributed by atoms with Crippen LogP contribution < -0.4 is 9.47 Å². The second kappa shape index (κ2) is 8.76. The summed E-state index contributed by atoms with van der Waals surface area (Å²) in [5.74, 6) is 4.16. The maximum absolute atomic E-state index is 14.0. The lowest BCUT2D eigenvalue weighted by Gasteiger charge is -2.57. The molecule has 2 aromatic rings. The van der Waals surface area contributed by atoms with Gasteiger partial charge in [-0.1, -0.05) is 38.2 Å². The Kier molecular flexibility index (Phi) is 5.47. The maximum atomic E-state index is 14.0. The zero-order valence-electron chi connectivity index (χ0n) is 23.9. The minimum absolute atomic E-state index is 0.0441. The smallest absolute Gasteiger partial charge is 0.270 e. The molecule has 1 aromatic heterocycles. The normalized spacial score (nSPS) is 32.0. The molecule has 6 nitrogen and oxygen atoms in total. The first kappa shape index (κ1) is 24.3. The third-order valence-electron chi connectivity index (χ3n) is 12.1. The molecule has 3 aliphatic heterocycles. The number of carbonyl (C=O) groups excluding carboxylic acids is 1. The van der Waals surface area contributed by atoms with Gasteiger partial charge in [0.25, 0.3) is 5.91 Å². The van der Waals surface area contributed by atoms with Gasteiger partial charge in [-0.15, -0.1) is 0 Å². The van der Waals surface area contributed by atoms with Gasteiger partial charge >= 0.3 is 0 Å². The molecule has 8 rings (SSSR count). The van der Waals surface area contributed by atoms with Crippen molar-refractivity contribution < 1.29 is 14.3 Å². The van der Waals surface area contributed by atoms with Crippen LogP contribution >= 0.6 is 0 Å². The van der Waals surface area contributed by atoms with E-state index in [4.69, 9.17) is 9.47 Å². The highest BCUT2D eigenvalue weighted by atomic mass is 16.5. The molecule has 1 aromatic carbocycles. The Labute approximate surface area is 232 Å². The molecule has 1 amide bonds. The topological polar surface area (TPSA) is 57.8 Å². The lowest BCUT2D eigenvalue weighted by Crippen LogP contribution is -2.62.